The quantitative estimate of drug-likeness (QED) is 0.237. The Balaban J connectivity index is 1.89. The Morgan fingerprint density at radius 1 is 1.16 bits per heavy atom. The molecule has 0 bridgehead atoms. The van der Waals surface area contributed by atoms with E-state index < -0.39 is 63.9 Å². The number of Topliss-reactive ketones (excluding diaryl/α,β-unsaturated/α-hetero) is 4. The highest BCUT2D eigenvalue weighted by molar-refractivity contribution is 6.32. The molecule has 0 spiro atoms. The molecular formula is C28H37N3O7. The molecule has 6 atom stereocenters. The van der Waals surface area contributed by atoms with E-state index >= 15 is 0 Å². The largest absolute Gasteiger partial charge is 0.507 e. The van der Waals surface area contributed by atoms with Crippen LogP contribution in [0, 0.1) is 23.2 Å². The Kier molecular flexibility index (Phi) is 7.37. The lowest BCUT2D eigenvalue weighted by Crippen LogP contribution is -2.76. The molecule has 0 saturated heterocycles. The fraction of sp³-hybridized carbons (Fsp3) is 0.607. The van der Waals surface area contributed by atoms with Gasteiger partial charge in [0.1, 0.15) is 5.75 Å². The number of carbonyl (C=O) groups is 5. The van der Waals surface area contributed by atoms with E-state index in [1.807, 2.05) is 13.8 Å². The topological polar surface area (TPSA) is 190 Å². The number of phenols is 1. The highest BCUT2D eigenvalue weighted by Gasteiger charge is 2.71. The number of fused-ring (bicyclic) bond motifs is 3. The molecule has 2 fully saturated rings. The van der Waals surface area contributed by atoms with Crippen molar-refractivity contribution in [2.45, 2.75) is 70.4 Å². The first-order chi connectivity index (χ1) is 17.8. The monoisotopic (exact) mass is 527 g/mol. The molecular weight excluding hydrogens is 490 g/mol. The highest BCUT2D eigenvalue weighted by Crippen LogP contribution is 2.56. The minimum absolute atomic E-state index is 0.00768. The molecule has 10 heteroatoms. The number of nitrogens with two attached hydrogens (primary N) is 2. The van der Waals surface area contributed by atoms with Gasteiger partial charge in [0.2, 0.25) is 5.91 Å². The molecule has 4 rings (SSSR count). The molecule has 10 nitrogen and oxygen atoms in total. The van der Waals surface area contributed by atoms with Crippen LogP contribution in [0.3, 0.4) is 0 Å². The standard InChI is InChI=1S/C28H37N3O7/c1-4-5-6-9-31-12-27-10-15-14(13(2)3)7-8-17(32)18(15)22(33)20(27)25(36)28(38)16(11-27)21(29)23(34)19(24(28)35)26(30)37/h7-8,13,16,19-21,31-32,38H,4-6,9-12,29H2,1-3H3,(H2,30,37). The summed E-state index contributed by atoms with van der Waals surface area (Å²) in [6.07, 6.45) is 2.99. The van der Waals surface area contributed by atoms with Gasteiger partial charge in [-0.2, -0.15) is 0 Å². The third-order valence-corrected chi connectivity index (χ3v) is 8.80. The fourth-order valence-corrected chi connectivity index (χ4v) is 6.88. The van der Waals surface area contributed by atoms with Gasteiger partial charge < -0.3 is 27.0 Å². The molecule has 0 aliphatic heterocycles. The predicted octanol–water partition coefficient (Wildman–Crippen LogP) is 0.538. The Bertz CT molecular complexity index is 1210. The first-order valence-electron chi connectivity index (χ1n) is 13.3. The van der Waals surface area contributed by atoms with E-state index in [1.54, 1.807) is 6.07 Å². The van der Waals surface area contributed by atoms with Gasteiger partial charge in [-0.1, -0.05) is 39.7 Å². The fourth-order valence-electron chi connectivity index (χ4n) is 6.88. The Hall–Kier alpha value is -2.95. The van der Waals surface area contributed by atoms with E-state index in [9.17, 15) is 34.2 Å². The average molecular weight is 528 g/mol. The number of rotatable bonds is 8. The van der Waals surface area contributed by atoms with Crippen molar-refractivity contribution in [3.05, 3.63) is 28.8 Å². The van der Waals surface area contributed by atoms with Crippen molar-refractivity contribution in [2.75, 3.05) is 13.1 Å². The molecule has 7 N–H and O–H groups in total. The summed E-state index contributed by atoms with van der Waals surface area (Å²) in [4.78, 5) is 66.4. The van der Waals surface area contributed by atoms with Crippen LogP contribution < -0.4 is 16.8 Å². The molecule has 0 radical (unpaired) electrons. The van der Waals surface area contributed by atoms with Gasteiger partial charge >= 0.3 is 0 Å². The van der Waals surface area contributed by atoms with Crippen molar-refractivity contribution in [2.24, 2.45) is 34.6 Å². The van der Waals surface area contributed by atoms with Crippen LogP contribution in [0.15, 0.2) is 12.1 Å². The molecule has 1 aromatic carbocycles. The zero-order valence-electron chi connectivity index (χ0n) is 22.1. The maximum Gasteiger partial charge on any atom is 0.235 e. The normalized spacial score (nSPS) is 32.7. The summed E-state index contributed by atoms with van der Waals surface area (Å²) in [6, 6.07) is 1.67. The van der Waals surface area contributed by atoms with Crippen LogP contribution in [-0.4, -0.2) is 64.0 Å². The van der Waals surface area contributed by atoms with Crippen molar-refractivity contribution >= 4 is 29.0 Å². The van der Waals surface area contributed by atoms with Gasteiger partial charge in [-0.3, -0.25) is 24.0 Å². The Morgan fingerprint density at radius 2 is 1.84 bits per heavy atom. The Morgan fingerprint density at radius 3 is 2.45 bits per heavy atom. The SMILES string of the molecule is CCCCCNCC12Cc3c(C(C)C)ccc(O)c3C(=O)C1C(=O)C1(O)C(=O)C(C(N)=O)C(=O)C(N)C1C2. The molecule has 206 valence electrons. The number of phenolic OH excluding ortho intramolecular Hbond substituents is 1. The zero-order chi connectivity index (χ0) is 28.2. The number of aromatic hydroxyl groups is 1. The number of nitrogens with one attached hydrogen (secondary N) is 1. The van der Waals surface area contributed by atoms with E-state index in [4.69, 9.17) is 11.5 Å². The van der Waals surface area contributed by atoms with Crippen LogP contribution in [0.5, 0.6) is 5.75 Å². The number of unbranched alkanes of at least 4 members (excludes halogenated alkanes) is 2. The summed E-state index contributed by atoms with van der Waals surface area (Å²) in [5.74, 6) is -10.5. The summed E-state index contributed by atoms with van der Waals surface area (Å²) in [5.41, 5.74) is 9.04. The van der Waals surface area contributed by atoms with Crippen molar-refractivity contribution in [3.63, 3.8) is 0 Å². The Labute approximate surface area is 221 Å². The molecule has 0 heterocycles. The number of hydrogen-bond acceptors (Lipinski definition) is 9. The zero-order valence-corrected chi connectivity index (χ0v) is 22.1. The molecule has 2 saturated carbocycles. The predicted molar refractivity (Wildman–Crippen MR) is 137 cm³/mol. The van der Waals surface area contributed by atoms with Gasteiger partial charge in [-0.05, 0) is 48.9 Å². The lowest BCUT2D eigenvalue weighted by Gasteiger charge is -2.56. The van der Waals surface area contributed by atoms with Gasteiger partial charge in [0.15, 0.2) is 34.7 Å². The van der Waals surface area contributed by atoms with Gasteiger partial charge in [0.25, 0.3) is 0 Å². The van der Waals surface area contributed by atoms with E-state index in [1.165, 1.54) is 6.07 Å². The highest BCUT2D eigenvalue weighted by atomic mass is 16.3. The third kappa shape index (κ3) is 4.01. The number of aliphatic hydroxyl groups is 1. The second kappa shape index (κ2) is 9.98. The van der Waals surface area contributed by atoms with Gasteiger partial charge in [-0.15, -0.1) is 0 Å². The van der Waals surface area contributed by atoms with Crippen molar-refractivity contribution < 1.29 is 34.2 Å². The van der Waals surface area contributed by atoms with E-state index in [2.05, 4.69) is 12.2 Å². The summed E-state index contributed by atoms with van der Waals surface area (Å²) in [5, 5.41) is 25.7. The number of ketones is 4. The average Bonchev–Trinajstić information content (AvgIpc) is 2.84. The van der Waals surface area contributed by atoms with Crippen LogP contribution in [0.2, 0.25) is 0 Å². The minimum Gasteiger partial charge on any atom is -0.507 e. The second-order valence-corrected chi connectivity index (χ2v) is 11.5. The van der Waals surface area contributed by atoms with Crippen LogP contribution >= 0.6 is 0 Å². The number of benzene rings is 1. The first-order valence-corrected chi connectivity index (χ1v) is 13.3. The number of carbonyl (C=O) groups excluding carboxylic acids is 5. The van der Waals surface area contributed by atoms with Crippen LogP contribution in [0.4, 0.5) is 0 Å². The molecule has 0 aromatic heterocycles. The summed E-state index contributed by atoms with van der Waals surface area (Å²) >= 11 is 0. The van der Waals surface area contributed by atoms with Crippen molar-refractivity contribution in [1.82, 2.24) is 5.32 Å². The van der Waals surface area contributed by atoms with Gasteiger partial charge in [0, 0.05) is 17.9 Å². The van der Waals surface area contributed by atoms with E-state index in [0.29, 0.717) is 12.1 Å². The summed E-state index contributed by atoms with van der Waals surface area (Å²) in [7, 11) is 0. The van der Waals surface area contributed by atoms with Gasteiger partial charge in [-0.25, -0.2) is 0 Å². The molecule has 1 aromatic rings. The lowest BCUT2D eigenvalue weighted by atomic mass is 9.47. The van der Waals surface area contributed by atoms with E-state index in [0.717, 1.165) is 24.8 Å². The first kappa shape index (κ1) is 28.1. The van der Waals surface area contributed by atoms with E-state index in [-0.39, 0.29) is 36.6 Å². The van der Waals surface area contributed by atoms with Crippen molar-refractivity contribution in [3.8, 4) is 5.75 Å². The molecule has 38 heavy (non-hydrogen) atoms. The number of amides is 1. The third-order valence-electron chi connectivity index (χ3n) is 8.80. The molecule has 3 aliphatic rings. The van der Waals surface area contributed by atoms with Crippen LogP contribution in [0.1, 0.15) is 73.9 Å². The smallest absolute Gasteiger partial charge is 0.235 e. The number of hydrogen-bond donors (Lipinski definition) is 5. The summed E-state index contributed by atoms with van der Waals surface area (Å²) < 4.78 is 0. The lowest BCUT2D eigenvalue weighted by molar-refractivity contribution is -0.181. The van der Waals surface area contributed by atoms with Crippen LogP contribution in [0.25, 0.3) is 0 Å². The van der Waals surface area contributed by atoms with Crippen molar-refractivity contribution in [1.29, 1.82) is 0 Å². The number of primary amides is 1. The molecule has 1 amide bonds. The molecule has 3 aliphatic carbocycles. The maximum atomic E-state index is 14.1. The van der Waals surface area contributed by atoms with Gasteiger partial charge in [0.05, 0.1) is 17.5 Å². The minimum atomic E-state index is -2.82. The second-order valence-electron chi connectivity index (χ2n) is 11.5. The maximum absolute atomic E-state index is 14.1. The molecule has 6 unspecified atom stereocenters. The van der Waals surface area contributed by atoms with Crippen LogP contribution in [-0.2, 0) is 25.6 Å². The summed E-state index contributed by atoms with van der Waals surface area (Å²) in [6.45, 7) is 6.82.